The Hall–Kier alpha value is -2.10. The molecule has 0 aliphatic carbocycles. The summed E-state index contributed by atoms with van der Waals surface area (Å²) < 4.78 is 10.9. The van der Waals surface area contributed by atoms with Crippen molar-refractivity contribution in [3.8, 4) is 5.75 Å². The first-order valence-electron chi connectivity index (χ1n) is 10.4. The Morgan fingerprint density at radius 3 is 2.30 bits per heavy atom. The van der Waals surface area contributed by atoms with E-state index in [-0.39, 0.29) is 12.6 Å². The van der Waals surface area contributed by atoms with Crippen molar-refractivity contribution in [1.29, 1.82) is 0 Å². The van der Waals surface area contributed by atoms with Crippen LogP contribution < -0.4 is 4.74 Å². The van der Waals surface area contributed by atoms with Gasteiger partial charge in [0.25, 0.3) is 0 Å². The van der Waals surface area contributed by atoms with Crippen LogP contribution in [0.15, 0.2) is 36.5 Å². The highest BCUT2D eigenvalue weighted by molar-refractivity contribution is 5.84. The average Bonchev–Trinajstić information content (AvgIpc) is 2.70. The summed E-state index contributed by atoms with van der Waals surface area (Å²) in [6.45, 7) is 2.65. The van der Waals surface area contributed by atoms with E-state index in [1.165, 1.54) is 51.4 Å². The summed E-state index contributed by atoms with van der Waals surface area (Å²) in [6.07, 6.45) is 14.4. The molecule has 0 spiro atoms. The highest BCUT2D eigenvalue weighted by Crippen LogP contribution is 2.22. The first-order valence-corrected chi connectivity index (χ1v) is 10.4. The molecule has 0 radical (unpaired) electrons. The summed E-state index contributed by atoms with van der Waals surface area (Å²) in [4.78, 5) is 16.2. The Balaban J connectivity index is 1.50. The number of ether oxygens (including phenoxy) is 2. The van der Waals surface area contributed by atoms with Gasteiger partial charge in [-0.15, -0.1) is 0 Å². The minimum atomic E-state index is -0.321. The molecule has 0 aliphatic rings. The summed E-state index contributed by atoms with van der Waals surface area (Å²) in [5, 5.41) is 0.994. The molecule has 2 aromatic rings. The van der Waals surface area contributed by atoms with Gasteiger partial charge in [-0.25, -0.2) is 4.79 Å². The lowest BCUT2D eigenvalue weighted by molar-refractivity contribution is -0.146. The summed E-state index contributed by atoms with van der Waals surface area (Å²) in [7, 11) is 0. The Labute approximate surface area is 163 Å². The van der Waals surface area contributed by atoms with Crippen molar-refractivity contribution in [3.63, 3.8) is 0 Å². The lowest BCUT2D eigenvalue weighted by atomic mass is 10.1. The van der Waals surface area contributed by atoms with Gasteiger partial charge >= 0.3 is 5.97 Å². The number of hydrogen-bond acceptors (Lipinski definition) is 4. The van der Waals surface area contributed by atoms with Gasteiger partial charge in [-0.3, -0.25) is 4.98 Å². The zero-order chi connectivity index (χ0) is 19.2. The third-order valence-corrected chi connectivity index (χ3v) is 4.70. The maximum absolute atomic E-state index is 11.8. The van der Waals surface area contributed by atoms with E-state index in [4.69, 9.17) is 9.47 Å². The van der Waals surface area contributed by atoms with Crippen LogP contribution in [0.4, 0.5) is 0 Å². The number of carbonyl (C=O) groups is 1. The van der Waals surface area contributed by atoms with E-state index >= 15 is 0 Å². The summed E-state index contributed by atoms with van der Waals surface area (Å²) in [5.74, 6) is 0.294. The number of unbranched alkanes of at least 4 members (excludes halogenated alkanes) is 9. The molecule has 0 fully saturated rings. The quantitative estimate of drug-likeness (QED) is 0.298. The van der Waals surface area contributed by atoms with Crippen molar-refractivity contribution in [2.75, 3.05) is 13.2 Å². The Morgan fingerprint density at radius 1 is 0.889 bits per heavy atom. The maximum atomic E-state index is 11.8. The largest absolute Gasteiger partial charge is 0.480 e. The second-order valence-electron chi connectivity index (χ2n) is 7.02. The van der Waals surface area contributed by atoms with Gasteiger partial charge in [0.1, 0.15) is 11.3 Å². The smallest absolute Gasteiger partial charge is 0.344 e. The summed E-state index contributed by atoms with van der Waals surface area (Å²) in [5.41, 5.74) is 0.766. The van der Waals surface area contributed by atoms with Gasteiger partial charge in [0.2, 0.25) is 0 Å². The second-order valence-corrected chi connectivity index (χ2v) is 7.02. The molecule has 0 atom stereocenters. The predicted octanol–water partition coefficient (Wildman–Crippen LogP) is 6.08. The van der Waals surface area contributed by atoms with E-state index in [2.05, 4.69) is 11.9 Å². The number of rotatable bonds is 14. The van der Waals surface area contributed by atoms with Crippen LogP contribution in [0.5, 0.6) is 5.75 Å². The van der Waals surface area contributed by atoms with E-state index in [9.17, 15) is 4.79 Å². The van der Waals surface area contributed by atoms with Crippen LogP contribution in [0.25, 0.3) is 10.9 Å². The van der Waals surface area contributed by atoms with E-state index in [1.54, 1.807) is 6.20 Å². The van der Waals surface area contributed by atoms with Crippen LogP contribution in [0.2, 0.25) is 0 Å². The van der Waals surface area contributed by atoms with Crippen LogP contribution in [0, 0.1) is 0 Å². The summed E-state index contributed by atoms with van der Waals surface area (Å²) in [6, 6.07) is 9.55. The number of benzene rings is 1. The first-order chi connectivity index (χ1) is 13.3. The van der Waals surface area contributed by atoms with Crippen molar-refractivity contribution < 1.29 is 14.3 Å². The molecule has 0 saturated heterocycles. The molecule has 1 heterocycles. The molecule has 0 N–H and O–H groups in total. The highest BCUT2D eigenvalue weighted by Gasteiger charge is 2.07. The minimum Gasteiger partial charge on any atom is -0.480 e. The van der Waals surface area contributed by atoms with Gasteiger partial charge in [0.15, 0.2) is 6.61 Å². The number of pyridine rings is 1. The van der Waals surface area contributed by atoms with Crippen LogP contribution >= 0.6 is 0 Å². The minimum absolute atomic E-state index is 0.0759. The van der Waals surface area contributed by atoms with E-state index in [1.807, 2.05) is 30.3 Å². The molecule has 2 rings (SSSR count). The number of hydrogen-bond donors (Lipinski definition) is 0. The SMILES string of the molecule is CCCCCCCCCCCCOC(=O)COc1cccc2cccnc12. The lowest BCUT2D eigenvalue weighted by Gasteiger charge is -2.09. The van der Waals surface area contributed by atoms with Crippen LogP contribution in [0.1, 0.15) is 71.1 Å². The number of nitrogens with zero attached hydrogens (tertiary/aromatic N) is 1. The Morgan fingerprint density at radius 2 is 1.56 bits per heavy atom. The van der Waals surface area contributed by atoms with Crippen LogP contribution in [-0.4, -0.2) is 24.2 Å². The molecule has 0 amide bonds. The van der Waals surface area contributed by atoms with Gasteiger partial charge in [-0.1, -0.05) is 82.9 Å². The fourth-order valence-electron chi connectivity index (χ4n) is 3.15. The highest BCUT2D eigenvalue weighted by atomic mass is 16.6. The fraction of sp³-hybridized carbons (Fsp3) is 0.565. The first kappa shape index (κ1) is 21.2. The Kier molecular flexibility index (Phi) is 10.3. The third kappa shape index (κ3) is 8.42. The van der Waals surface area contributed by atoms with Crippen molar-refractivity contribution in [2.45, 2.75) is 71.1 Å². The van der Waals surface area contributed by atoms with Crippen LogP contribution in [0.3, 0.4) is 0 Å². The monoisotopic (exact) mass is 371 g/mol. The predicted molar refractivity (Wildman–Crippen MR) is 110 cm³/mol. The molecule has 0 saturated carbocycles. The van der Waals surface area contributed by atoms with E-state index < -0.39 is 0 Å². The molecular weight excluding hydrogens is 338 g/mol. The molecule has 1 aromatic heterocycles. The third-order valence-electron chi connectivity index (χ3n) is 4.70. The normalized spacial score (nSPS) is 10.9. The average molecular weight is 372 g/mol. The topological polar surface area (TPSA) is 48.4 Å². The molecule has 4 heteroatoms. The molecule has 0 bridgehead atoms. The standard InChI is InChI=1S/C23H33NO3/c1-2-3-4-5-6-7-8-9-10-11-18-26-22(25)19-27-21-16-12-14-20-15-13-17-24-23(20)21/h12-17H,2-11,18-19H2,1H3. The van der Waals surface area contributed by atoms with Crippen molar-refractivity contribution in [2.24, 2.45) is 0 Å². The van der Waals surface area contributed by atoms with Crippen molar-refractivity contribution >= 4 is 16.9 Å². The van der Waals surface area contributed by atoms with Gasteiger partial charge < -0.3 is 9.47 Å². The maximum Gasteiger partial charge on any atom is 0.344 e. The number of para-hydroxylation sites is 1. The van der Waals surface area contributed by atoms with Crippen molar-refractivity contribution in [1.82, 2.24) is 4.98 Å². The molecule has 27 heavy (non-hydrogen) atoms. The molecule has 148 valence electrons. The van der Waals surface area contributed by atoms with Gasteiger partial charge in [0.05, 0.1) is 6.61 Å². The van der Waals surface area contributed by atoms with E-state index in [0.717, 1.165) is 23.7 Å². The molecule has 4 nitrogen and oxygen atoms in total. The van der Waals surface area contributed by atoms with Gasteiger partial charge in [0, 0.05) is 11.6 Å². The van der Waals surface area contributed by atoms with Gasteiger partial charge in [-0.2, -0.15) is 0 Å². The van der Waals surface area contributed by atoms with Crippen molar-refractivity contribution in [3.05, 3.63) is 36.5 Å². The van der Waals surface area contributed by atoms with E-state index in [0.29, 0.717) is 12.4 Å². The number of fused-ring (bicyclic) bond motifs is 1. The fourth-order valence-corrected chi connectivity index (χ4v) is 3.15. The van der Waals surface area contributed by atoms with Crippen LogP contribution in [-0.2, 0) is 9.53 Å². The number of esters is 1. The zero-order valence-electron chi connectivity index (χ0n) is 16.6. The molecule has 0 unspecified atom stereocenters. The number of carbonyl (C=O) groups excluding carboxylic acids is 1. The molecule has 1 aromatic carbocycles. The van der Waals surface area contributed by atoms with Gasteiger partial charge in [-0.05, 0) is 18.6 Å². The zero-order valence-corrected chi connectivity index (χ0v) is 16.6. The Bertz CT molecular complexity index is 666. The summed E-state index contributed by atoms with van der Waals surface area (Å²) >= 11 is 0. The number of aromatic nitrogens is 1. The lowest BCUT2D eigenvalue weighted by Crippen LogP contribution is -2.15. The molecular formula is C23H33NO3. The molecule has 0 aliphatic heterocycles. The second kappa shape index (κ2) is 13.1.